The molecule has 3 nitrogen and oxygen atoms in total. The first kappa shape index (κ1) is 9.90. The summed E-state index contributed by atoms with van der Waals surface area (Å²) in [5, 5.41) is 0. The minimum Gasteiger partial charge on any atom is -0.361 e. The first-order valence-electron chi connectivity index (χ1n) is 7.15. The molecule has 5 rings (SSSR count). The number of carbonyl (C=O) groups is 2. The first-order valence-corrected chi connectivity index (χ1v) is 7.15. The van der Waals surface area contributed by atoms with E-state index in [9.17, 15) is 9.59 Å². The standard InChI is InChI=1S/C15H16O3/c16-13-9-4-8(9)3-6-1-2-7-5-10-15(18-10)14(17)12(7)11(6)13/h1-2,6-12,15H,3-5H2/t6-,7-,8+,9-,10-,11-,12-,15-/m1/s1. The molecule has 0 aromatic rings. The van der Waals surface area contributed by atoms with Gasteiger partial charge in [-0.3, -0.25) is 9.59 Å². The maximum atomic E-state index is 12.5. The Morgan fingerprint density at radius 3 is 2.50 bits per heavy atom. The lowest BCUT2D eigenvalue weighted by Crippen LogP contribution is -2.48. The Morgan fingerprint density at radius 2 is 1.67 bits per heavy atom. The zero-order valence-corrected chi connectivity index (χ0v) is 10.1. The second-order valence-corrected chi connectivity index (χ2v) is 6.74. The molecular formula is C15H16O3. The summed E-state index contributed by atoms with van der Waals surface area (Å²) in [5.41, 5.74) is 0. The molecule has 94 valence electrons. The fraction of sp³-hybridized carbons (Fsp3) is 0.733. The molecule has 0 bridgehead atoms. The molecule has 0 amide bonds. The number of rotatable bonds is 0. The largest absolute Gasteiger partial charge is 0.361 e. The number of hydrogen-bond acceptors (Lipinski definition) is 3. The Kier molecular flexibility index (Phi) is 1.63. The quantitative estimate of drug-likeness (QED) is 0.477. The highest BCUT2D eigenvalue weighted by Crippen LogP contribution is 2.58. The Balaban J connectivity index is 1.57. The van der Waals surface area contributed by atoms with Crippen molar-refractivity contribution in [2.45, 2.75) is 31.5 Å². The van der Waals surface area contributed by atoms with E-state index in [1.807, 2.05) is 0 Å². The summed E-state index contributed by atoms with van der Waals surface area (Å²) < 4.78 is 5.44. The van der Waals surface area contributed by atoms with Crippen molar-refractivity contribution in [3.8, 4) is 0 Å². The zero-order valence-electron chi connectivity index (χ0n) is 10.1. The summed E-state index contributed by atoms with van der Waals surface area (Å²) in [6.07, 6.45) is 7.58. The van der Waals surface area contributed by atoms with Crippen LogP contribution in [0.2, 0.25) is 0 Å². The maximum Gasteiger partial charge on any atom is 0.168 e. The number of epoxide rings is 1. The van der Waals surface area contributed by atoms with Crippen molar-refractivity contribution in [2.24, 2.45) is 35.5 Å². The molecule has 3 heteroatoms. The number of allylic oxidation sites excluding steroid dienone is 2. The Morgan fingerprint density at radius 1 is 0.944 bits per heavy atom. The van der Waals surface area contributed by atoms with Crippen LogP contribution in [-0.4, -0.2) is 23.8 Å². The minimum atomic E-state index is -0.164. The maximum absolute atomic E-state index is 12.5. The first-order chi connectivity index (χ1) is 8.74. The van der Waals surface area contributed by atoms with E-state index < -0.39 is 0 Å². The van der Waals surface area contributed by atoms with Crippen molar-refractivity contribution in [3.05, 3.63) is 12.2 Å². The SMILES string of the molecule is O=C1[C@H]2[C@@H]3C(=O)[C@@H]4O[C@@H]4C[C@H]3C=C[C@@H]2C[C@H]2C[C@@H]12. The second-order valence-electron chi connectivity index (χ2n) is 6.74. The summed E-state index contributed by atoms with van der Waals surface area (Å²) in [4.78, 5) is 24.9. The molecule has 0 aromatic carbocycles. The lowest BCUT2D eigenvalue weighted by Gasteiger charge is -2.41. The second kappa shape index (κ2) is 2.96. The third-order valence-corrected chi connectivity index (χ3v) is 5.80. The molecule has 1 saturated heterocycles. The minimum absolute atomic E-state index is 0.0126. The van der Waals surface area contributed by atoms with Crippen LogP contribution in [0.3, 0.4) is 0 Å². The van der Waals surface area contributed by atoms with Crippen LogP contribution in [0.25, 0.3) is 0 Å². The van der Waals surface area contributed by atoms with Gasteiger partial charge >= 0.3 is 0 Å². The zero-order chi connectivity index (χ0) is 12.0. The predicted octanol–water partition coefficient (Wildman–Crippen LogP) is 1.37. The lowest BCUT2D eigenvalue weighted by atomic mass is 9.60. The molecule has 8 atom stereocenters. The van der Waals surface area contributed by atoms with Crippen LogP contribution in [0, 0.1) is 35.5 Å². The van der Waals surface area contributed by atoms with E-state index in [1.165, 1.54) is 0 Å². The van der Waals surface area contributed by atoms with Gasteiger partial charge in [0.1, 0.15) is 11.9 Å². The average molecular weight is 244 g/mol. The summed E-state index contributed by atoms with van der Waals surface area (Å²) in [7, 11) is 0. The van der Waals surface area contributed by atoms with Gasteiger partial charge in [-0.25, -0.2) is 0 Å². The van der Waals surface area contributed by atoms with Crippen molar-refractivity contribution < 1.29 is 14.3 Å². The molecule has 0 unspecified atom stereocenters. The van der Waals surface area contributed by atoms with Crippen molar-refractivity contribution in [3.63, 3.8) is 0 Å². The van der Waals surface area contributed by atoms with Crippen molar-refractivity contribution in [2.75, 3.05) is 0 Å². The van der Waals surface area contributed by atoms with Gasteiger partial charge in [0.05, 0.1) is 6.10 Å². The highest BCUT2D eigenvalue weighted by Gasteiger charge is 2.62. The molecule has 0 aromatic heterocycles. The normalized spacial score (nSPS) is 59.3. The number of hydrogen-bond donors (Lipinski definition) is 0. The van der Waals surface area contributed by atoms with Gasteiger partial charge in [0.25, 0.3) is 0 Å². The summed E-state index contributed by atoms with van der Waals surface area (Å²) in [6.45, 7) is 0. The monoisotopic (exact) mass is 244 g/mol. The van der Waals surface area contributed by atoms with Gasteiger partial charge in [-0.05, 0) is 37.0 Å². The van der Waals surface area contributed by atoms with E-state index in [-0.39, 0.29) is 35.7 Å². The van der Waals surface area contributed by atoms with E-state index >= 15 is 0 Å². The smallest absolute Gasteiger partial charge is 0.168 e. The van der Waals surface area contributed by atoms with Gasteiger partial charge in [-0.2, -0.15) is 0 Å². The van der Waals surface area contributed by atoms with Crippen LogP contribution < -0.4 is 0 Å². The van der Waals surface area contributed by atoms with Crippen LogP contribution in [0.5, 0.6) is 0 Å². The third-order valence-electron chi connectivity index (χ3n) is 5.80. The highest BCUT2D eigenvalue weighted by atomic mass is 16.6. The average Bonchev–Trinajstić information content (AvgIpc) is 3.21. The van der Waals surface area contributed by atoms with Crippen LogP contribution in [-0.2, 0) is 14.3 Å². The van der Waals surface area contributed by atoms with E-state index in [2.05, 4.69) is 12.2 Å². The molecule has 0 radical (unpaired) electrons. The van der Waals surface area contributed by atoms with E-state index in [1.54, 1.807) is 0 Å². The molecule has 4 aliphatic carbocycles. The molecule has 1 aliphatic heterocycles. The molecule has 0 N–H and O–H groups in total. The molecule has 3 saturated carbocycles. The number of carbonyl (C=O) groups excluding carboxylic acids is 2. The highest BCUT2D eigenvalue weighted by molar-refractivity contribution is 5.97. The van der Waals surface area contributed by atoms with E-state index in [0.29, 0.717) is 23.5 Å². The summed E-state index contributed by atoms with van der Waals surface area (Å²) in [6, 6.07) is 0. The molecular weight excluding hydrogens is 228 g/mol. The van der Waals surface area contributed by atoms with Crippen LogP contribution in [0.4, 0.5) is 0 Å². The number of fused-ring (bicyclic) bond motifs is 5. The molecule has 4 fully saturated rings. The van der Waals surface area contributed by atoms with Crippen LogP contribution in [0.15, 0.2) is 12.2 Å². The summed E-state index contributed by atoms with van der Waals surface area (Å²) in [5.74, 6) is 2.07. The Hall–Kier alpha value is -0.960. The van der Waals surface area contributed by atoms with Crippen molar-refractivity contribution in [1.82, 2.24) is 0 Å². The fourth-order valence-corrected chi connectivity index (χ4v) is 4.77. The van der Waals surface area contributed by atoms with Crippen LogP contribution >= 0.6 is 0 Å². The van der Waals surface area contributed by atoms with E-state index in [0.717, 1.165) is 19.3 Å². The number of ketones is 2. The van der Waals surface area contributed by atoms with E-state index in [4.69, 9.17) is 4.74 Å². The predicted molar refractivity (Wildman–Crippen MR) is 62.6 cm³/mol. The van der Waals surface area contributed by atoms with Crippen molar-refractivity contribution >= 4 is 11.6 Å². The fourth-order valence-electron chi connectivity index (χ4n) is 4.77. The van der Waals surface area contributed by atoms with Crippen LogP contribution in [0.1, 0.15) is 19.3 Å². The number of Topliss-reactive ketones (excluding diaryl/α,β-unsaturated/α-hetero) is 2. The molecule has 1 heterocycles. The molecule has 5 aliphatic rings. The Bertz CT molecular complexity index is 450. The van der Waals surface area contributed by atoms with Gasteiger partial charge in [-0.1, -0.05) is 12.2 Å². The van der Waals surface area contributed by atoms with Gasteiger partial charge < -0.3 is 4.74 Å². The van der Waals surface area contributed by atoms with Gasteiger partial charge in [-0.15, -0.1) is 0 Å². The topological polar surface area (TPSA) is 46.7 Å². The van der Waals surface area contributed by atoms with Gasteiger partial charge in [0, 0.05) is 17.8 Å². The summed E-state index contributed by atoms with van der Waals surface area (Å²) >= 11 is 0. The third kappa shape index (κ3) is 1.09. The van der Waals surface area contributed by atoms with Crippen molar-refractivity contribution in [1.29, 1.82) is 0 Å². The molecule has 18 heavy (non-hydrogen) atoms. The lowest BCUT2D eigenvalue weighted by molar-refractivity contribution is -0.139. The van der Waals surface area contributed by atoms with Gasteiger partial charge in [0.15, 0.2) is 5.78 Å². The molecule has 0 spiro atoms. The Labute approximate surface area is 106 Å². The van der Waals surface area contributed by atoms with Gasteiger partial charge in [0.2, 0.25) is 0 Å². The number of ether oxygens (including phenoxy) is 1.